The molecule has 2 amide bonds. The Bertz CT molecular complexity index is 632. The summed E-state index contributed by atoms with van der Waals surface area (Å²) in [6, 6.07) is 5.30. The normalized spacial score (nSPS) is 11.2. The Hall–Kier alpha value is -2.55. The van der Waals surface area contributed by atoms with E-state index in [1.54, 1.807) is 19.1 Å². The van der Waals surface area contributed by atoms with Gasteiger partial charge in [-0.3, -0.25) is 9.59 Å². The third-order valence-electron chi connectivity index (χ3n) is 2.69. The number of amides is 2. The molecular formula is C16H20N2O6S. The number of hydrogen-bond acceptors (Lipinski definition) is 7. The third kappa shape index (κ3) is 8.20. The number of benzene rings is 1. The molecule has 0 heterocycles. The van der Waals surface area contributed by atoms with E-state index >= 15 is 0 Å². The van der Waals surface area contributed by atoms with Crippen LogP contribution in [0.3, 0.4) is 0 Å². The van der Waals surface area contributed by atoms with Crippen LogP contribution in [0, 0.1) is 0 Å². The third-order valence-corrected chi connectivity index (χ3v) is 3.51. The van der Waals surface area contributed by atoms with Gasteiger partial charge in [0.2, 0.25) is 11.8 Å². The molecule has 25 heavy (non-hydrogen) atoms. The zero-order chi connectivity index (χ0) is 18.8. The van der Waals surface area contributed by atoms with E-state index in [4.69, 9.17) is 9.47 Å². The molecule has 136 valence electrons. The Kier molecular flexibility index (Phi) is 8.48. The summed E-state index contributed by atoms with van der Waals surface area (Å²) in [6.45, 7) is 4.48. The van der Waals surface area contributed by atoms with Crippen LogP contribution in [0.25, 0.3) is 0 Å². The van der Waals surface area contributed by atoms with Crippen molar-refractivity contribution < 1.29 is 28.7 Å². The van der Waals surface area contributed by atoms with Crippen molar-refractivity contribution in [1.82, 2.24) is 5.32 Å². The molecule has 0 saturated carbocycles. The van der Waals surface area contributed by atoms with E-state index in [1.807, 2.05) is 0 Å². The Balaban J connectivity index is 2.55. The van der Waals surface area contributed by atoms with Gasteiger partial charge in [0.1, 0.15) is 11.8 Å². The standard InChI is InChI=1S/C16H20N2O6S/c1-4-23-15(21)14(18-11(3)20)9-25-16(22)24-13-7-5-12(6-8-13)17-10(2)19/h5-8,14H,4,9H2,1-3H3,(H,17,19)(H,18,20)/t14-/m0/s1. The fraction of sp³-hybridized carbons (Fsp3) is 0.375. The summed E-state index contributed by atoms with van der Waals surface area (Å²) in [5.41, 5.74) is 0.577. The summed E-state index contributed by atoms with van der Waals surface area (Å²) in [5, 5.41) is 4.39. The summed E-state index contributed by atoms with van der Waals surface area (Å²) in [7, 11) is 0. The average Bonchev–Trinajstić information content (AvgIpc) is 2.52. The van der Waals surface area contributed by atoms with E-state index in [-0.39, 0.29) is 18.3 Å². The number of rotatable bonds is 7. The molecule has 0 aliphatic carbocycles. The van der Waals surface area contributed by atoms with Crippen LogP contribution in [0.15, 0.2) is 24.3 Å². The zero-order valence-corrected chi connectivity index (χ0v) is 15.0. The fourth-order valence-corrected chi connectivity index (χ4v) is 2.42. The van der Waals surface area contributed by atoms with Gasteiger partial charge in [-0.1, -0.05) is 0 Å². The second kappa shape index (κ2) is 10.3. The smallest absolute Gasteiger partial charge is 0.372 e. The molecule has 0 saturated heterocycles. The van der Waals surface area contributed by atoms with Crippen molar-refractivity contribution >= 4 is 40.5 Å². The SMILES string of the molecule is CCOC(=O)[C@H](CSC(=O)Oc1ccc(NC(C)=O)cc1)NC(C)=O. The molecule has 1 aromatic carbocycles. The maximum absolute atomic E-state index is 11.9. The van der Waals surface area contributed by atoms with Crippen molar-refractivity contribution in [3.63, 3.8) is 0 Å². The molecule has 2 N–H and O–H groups in total. The monoisotopic (exact) mass is 368 g/mol. The summed E-state index contributed by atoms with van der Waals surface area (Å²) >= 11 is 0.744. The van der Waals surface area contributed by atoms with E-state index < -0.39 is 23.2 Å². The molecule has 9 heteroatoms. The highest BCUT2D eigenvalue weighted by Crippen LogP contribution is 2.18. The number of carbonyl (C=O) groups excluding carboxylic acids is 4. The van der Waals surface area contributed by atoms with Gasteiger partial charge in [0.15, 0.2) is 0 Å². The topological polar surface area (TPSA) is 111 Å². The largest absolute Gasteiger partial charge is 0.464 e. The van der Waals surface area contributed by atoms with E-state index in [0.29, 0.717) is 11.4 Å². The van der Waals surface area contributed by atoms with Crippen LogP contribution in [0.4, 0.5) is 10.5 Å². The van der Waals surface area contributed by atoms with E-state index in [9.17, 15) is 19.2 Å². The molecule has 1 aromatic rings. The molecule has 0 unspecified atom stereocenters. The number of nitrogens with one attached hydrogen (secondary N) is 2. The fourth-order valence-electron chi connectivity index (χ4n) is 1.74. The molecule has 0 fully saturated rings. The maximum Gasteiger partial charge on any atom is 0.372 e. The van der Waals surface area contributed by atoms with Crippen molar-refractivity contribution in [1.29, 1.82) is 0 Å². The molecular weight excluding hydrogens is 348 g/mol. The minimum Gasteiger partial charge on any atom is -0.464 e. The maximum atomic E-state index is 11.9. The van der Waals surface area contributed by atoms with Crippen molar-refractivity contribution in [2.45, 2.75) is 26.8 Å². The van der Waals surface area contributed by atoms with Crippen LogP contribution in [0.1, 0.15) is 20.8 Å². The Morgan fingerprint density at radius 3 is 2.24 bits per heavy atom. The van der Waals surface area contributed by atoms with Crippen molar-refractivity contribution in [3.8, 4) is 5.75 Å². The predicted molar refractivity (Wildman–Crippen MR) is 93.5 cm³/mol. The van der Waals surface area contributed by atoms with E-state index in [0.717, 1.165) is 11.8 Å². The van der Waals surface area contributed by atoms with Gasteiger partial charge in [0.05, 0.1) is 6.61 Å². The van der Waals surface area contributed by atoms with Gasteiger partial charge in [-0.05, 0) is 43.0 Å². The molecule has 1 atom stereocenters. The van der Waals surface area contributed by atoms with Gasteiger partial charge >= 0.3 is 11.3 Å². The van der Waals surface area contributed by atoms with Gasteiger partial charge < -0.3 is 20.1 Å². The molecule has 8 nitrogen and oxygen atoms in total. The molecule has 0 spiro atoms. The Labute approximate surface area is 149 Å². The second-order valence-corrected chi connectivity index (χ2v) is 5.83. The number of carbonyl (C=O) groups is 4. The number of anilines is 1. The number of thioether (sulfide) groups is 1. The quantitative estimate of drug-likeness (QED) is 0.708. The molecule has 0 bridgehead atoms. The van der Waals surface area contributed by atoms with Gasteiger partial charge in [-0.25, -0.2) is 9.59 Å². The van der Waals surface area contributed by atoms with Crippen LogP contribution in [0.5, 0.6) is 5.75 Å². The summed E-state index contributed by atoms with van der Waals surface area (Å²) in [5.74, 6) is -0.943. The van der Waals surface area contributed by atoms with Gasteiger partial charge in [0.25, 0.3) is 0 Å². The lowest BCUT2D eigenvalue weighted by molar-refractivity contribution is -0.146. The van der Waals surface area contributed by atoms with Crippen molar-refractivity contribution in [3.05, 3.63) is 24.3 Å². The highest BCUT2D eigenvalue weighted by Gasteiger charge is 2.22. The van der Waals surface area contributed by atoms with Crippen molar-refractivity contribution in [2.75, 3.05) is 17.7 Å². The second-order valence-electron chi connectivity index (χ2n) is 4.87. The first kappa shape index (κ1) is 20.5. The van der Waals surface area contributed by atoms with E-state index in [1.165, 1.54) is 26.0 Å². The zero-order valence-electron chi connectivity index (χ0n) is 14.2. The van der Waals surface area contributed by atoms with Gasteiger partial charge in [0, 0.05) is 25.3 Å². The molecule has 0 aromatic heterocycles. The van der Waals surface area contributed by atoms with Crippen LogP contribution < -0.4 is 15.4 Å². The first-order valence-electron chi connectivity index (χ1n) is 7.47. The lowest BCUT2D eigenvalue weighted by atomic mass is 10.3. The van der Waals surface area contributed by atoms with Crippen LogP contribution in [-0.4, -0.2) is 41.5 Å². The lowest BCUT2D eigenvalue weighted by Gasteiger charge is -2.15. The molecule has 0 aliphatic heterocycles. The first-order chi connectivity index (χ1) is 11.8. The van der Waals surface area contributed by atoms with Crippen LogP contribution in [0.2, 0.25) is 0 Å². The highest BCUT2D eigenvalue weighted by atomic mass is 32.2. The molecule has 0 aliphatic rings. The van der Waals surface area contributed by atoms with Gasteiger partial charge in [-0.2, -0.15) is 0 Å². The van der Waals surface area contributed by atoms with Gasteiger partial charge in [-0.15, -0.1) is 0 Å². The molecule has 1 rings (SSSR count). The lowest BCUT2D eigenvalue weighted by Crippen LogP contribution is -2.43. The van der Waals surface area contributed by atoms with E-state index in [2.05, 4.69) is 10.6 Å². The summed E-state index contributed by atoms with van der Waals surface area (Å²) in [6.07, 6.45) is 0. The Morgan fingerprint density at radius 2 is 1.72 bits per heavy atom. The number of ether oxygens (including phenoxy) is 2. The first-order valence-corrected chi connectivity index (χ1v) is 8.46. The van der Waals surface area contributed by atoms with Crippen molar-refractivity contribution in [2.24, 2.45) is 0 Å². The minimum atomic E-state index is -0.933. The molecule has 0 radical (unpaired) electrons. The average molecular weight is 368 g/mol. The predicted octanol–water partition coefficient (Wildman–Crippen LogP) is 1.94. The summed E-state index contributed by atoms with van der Waals surface area (Å²) < 4.78 is 9.96. The summed E-state index contributed by atoms with van der Waals surface area (Å²) in [4.78, 5) is 45.7. The van der Waals surface area contributed by atoms with Crippen LogP contribution in [-0.2, 0) is 19.1 Å². The minimum absolute atomic E-state index is 0.0127. The van der Waals surface area contributed by atoms with Crippen LogP contribution >= 0.6 is 11.8 Å². The number of hydrogen-bond donors (Lipinski definition) is 2. The Morgan fingerprint density at radius 1 is 1.08 bits per heavy atom. The highest BCUT2D eigenvalue weighted by molar-refractivity contribution is 8.13. The number of esters is 1.